The maximum absolute atomic E-state index is 6.18. The summed E-state index contributed by atoms with van der Waals surface area (Å²) in [7, 11) is 1.63. The molecule has 0 aliphatic rings. The lowest BCUT2D eigenvalue weighted by molar-refractivity contribution is 0.415. The summed E-state index contributed by atoms with van der Waals surface area (Å²) >= 11 is 12.2. The summed E-state index contributed by atoms with van der Waals surface area (Å²) < 4.78 is 5.14. The first-order valence-corrected chi connectivity index (χ1v) is 7.85. The summed E-state index contributed by atoms with van der Waals surface area (Å²) in [4.78, 5) is 8.40. The number of ether oxygens (including phenoxy) is 1. The Morgan fingerprint density at radius 3 is 2.33 bits per heavy atom. The van der Waals surface area contributed by atoms with Gasteiger partial charge in [-0.1, -0.05) is 29.3 Å². The van der Waals surface area contributed by atoms with Crippen LogP contribution in [-0.2, 0) is 0 Å². The van der Waals surface area contributed by atoms with Crippen LogP contribution in [0.3, 0.4) is 0 Å². The van der Waals surface area contributed by atoms with E-state index in [9.17, 15) is 0 Å². The van der Waals surface area contributed by atoms with Crippen LogP contribution in [-0.4, -0.2) is 17.1 Å². The van der Waals surface area contributed by atoms with Gasteiger partial charge in [0.25, 0.3) is 0 Å². The van der Waals surface area contributed by atoms with Gasteiger partial charge in [-0.05, 0) is 36.4 Å². The first-order chi connectivity index (χ1) is 11.7. The van der Waals surface area contributed by atoms with Crippen LogP contribution in [0.5, 0.6) is 5.75 Å². The molecule has 5 nitrogen and oxygen atoms in total. The number of hydrogen-bond donors (Lipinski definition) is 2. The highest BCUT2D eigenvalue weighted by Gasteiger charge is 2.06. The first kappa shape index (κ1) is 16.4. The van der Waals surface area contributed by atoms with Crippen LogP contribution in [0.4, 0.5) is 23.0 Å². The molecule has 122 valence electrons. The predicted octanol–water partition coefficient (Wildman–Crippen LogP) is 5.28. The third kappa shape index (κ3) is 3.88. The average molecular weight is 361 g/mol. The highest BCUT2D eigenvalue weighted by molar-refractivity contribution is 6.43. The molecule has 0 saturated carbocycles. The monoisotopic (exact) mass is 360 g/mol. The molecule has 3 rings (SSSR count). The number of rotatable bonds is 5. The van der Waals surface area contributed by atoms with E-state index in [1.165, 1.54) is 6.33 Å². The molecule has 0 fully saturated rings. The molecule has 0 aliphatic heterocycles. The SMILES string of the molecule is COc1ccc(Nc2cc(Nc3cccc(Cl)c3Cl)ncn2)cc1. The predicted molar refractivity (Wildman–Crippen MR) is 98.1 cm³/mol. The molecular formula is C17H14Cl2N4O. The van der Waals surface area contributed by atoms with Gasteiger partial charge < -0.3 is 15.4 Å². The lowest BCUT2D eigenvalue weighted by Gasteiger charge is -2.10. The van der Waals surface area contributed by atoms with Crippen molar-refractivity contribution in [3.63, 3.8) is 0 Å². The zero-order valence-corrected chi connectivity index (χ0v) is 14.3. The maximum atomic E-state index is 6.18. The quantitative estimate of drug-likeness (QED) is 0.648. The number of hydrogen-bond acceptors (Lipinski definition) is 5. The number of aromatic nitrogens is 2. The van der Waals surface area contributed by atoms with Gasteiger partial charge in [-0.15, -0.1) is 0 Å². The molecule has 24 heavy (non-hydrogen) atoms. The number of halogens is 2. The fraction of sp³-hybridized carbons (Fsp3) is 0.0588. The lowest BCUT2D eigenvalue weighted by Crippen LogP contribution is -1.99. The summed E-state index contributed by atoms with van der Waals surface area (Å²) in [5.41, 5.74) is 1.57. The van der Waals surface area contributed by atoms with E-state index in [-0.39, 0.29) is 0 Å². The number of benzene rings is 2. The van der Waals surface area contributed by atoms with Gasteiger partial charge in [-0.2, -0.15) is 0 Å². The van der Waals surface area contributed by atoms with Crippen molar-refractivity contribution in [2.45, 2.75) is 0 Å². The Balaban J connectivity index is 1.77. The lowest BCUT2D eigenvalue weighted by atomic mass is 10.3. The van der Waals surface area contributed by atoms with E-state index in [0.717, 1.165) is 11.4 Å². The maximum Gasteiger partial charge on any atom is 0.135 e. The third-order valence-corrected chi connectivity index (χ3v) is 4.06. The van der Waals surface area contributed by atoms with Crippen LogP contribution in [0.25, 0.3) is 0 Å². The Labute approximate surface area is 149 Å². The zero-order chi connectivity index (χ0) is 16.9. The normalized spacial score (nSPS) is 10.3. The van der Waals surface area contributed by atoms with Gasteiger partial charge in [0, 0.05) is 11.8 Å². The average Bonchev–Trinajstić information content (AvgIpc) is 2.60. The molecule has 3 aromatic rings. The van der Waals surface area contributed by atoms with Gasteiger partial charge in [-0.25, -0.2) is 9.97 Å². The molecule has 0 bridgehead atoms. The molecule has 1 aromatic heterocycles. The Morgan fingerprint density at radius 2 is 1.62 bits per heavy atom. The van der Waals surface area contributed by atoms with Gasteiger partial charge in [0.05, 0.1) is 22.8 Å². The molecule has 0 spiro atoms. The minimum atomic E-state index is 0.447. The molecule has 0 amide bonds. The second kappa shape index (κ2) is 7.38. The highest BCUT2D eigenvalue weighted by atomic mass is 35.5. The summed E-state index contributed by atoms with van der Waals surface area (Å²) in [6.07, 6.45) is 1.46. The third-order valence-electron chi connectivity index (χ3n) is 3.24. The van der Waals surface area contributed by atoms with Crippen LogP contribution in [0, 0.1) is 0 Å². The van der Waals surface area contributed by atoms with E-state index in [1.807, 2.05) is 36.4 Å². The summed E-state index contributed by atoms with van der Waals surface area (Å²) in [6, 6.07) is 14.7. The van der Waals surface area contributed by atoms with Gasteiger partial charge in [0.1, 0.15) is 23.7 Å². The molecule has 7 heteroatoms. The summed E-state index contributed by atoms with van der Waals surface area (Å²) in [5.74, 6) is 2.04. The Bertz CT molecular complexity index is 840. The fourth-order valence-electron chi connectivity index (χ4n) is 2.05. The van der Waals surface area contributed by atoms with Gasteiger partial charge in [-0.3, -0.25) is 0 Å². The number of nitrogens with zero attached hydrogens (tertiary/aromatic N) is 2. The highest BCUT2D eigenvalue weighted by Crippen LogP contribution is 2.31. The van der Waals surface area contributed by atoms with Crippen LogP contribution < -0.4 is 15.4 Å². The van der Waals surface area contributed by atoms with E-state index in [0.29, 0.717) is 27.4 Å². The second-order valence-corrected chi connectivity index (χ2v) is 5.65. The minimum Gasteiger partial charge on any atom is -0.497 e. The molecular weight excluding hydrogens is 347 g/mol. The zero-order valence-electron chi connectivity index (χ0n) is 12.8. The van der Waals surface area contributed by atoms with Crippen molar-refractivity contribution in [3.8, 4) is 5.75 Å². The van der Waals surface area contributed by atoms with E-state index in [4.69, 9.17) is 27.9 Å². The van der Waals surface area contributed by atoms with E-state index >= 15 is 0 Å². The van der Waals surface area contributed by atoms with Crippen LogP contribution in [0.1, 0.15) is 0 Å². The number of anilines is 4. The smallest absolute Gasteiger partial charge is 0.135 e. The fourth-order valence-corrected chi connectivity index (χ4v) is 2.40. The summed E-state index contributed by atoms with van der Waals surface area (Å²) in [5, 5.41) is 7.26. The molecule has 0 unspecified atom stereocenters. The molecule has 0 atom stereocenters. The van der Waals surface area contributed by atoms with Gasteiger partial charge >= 0.3 is 0 Å². The van der Waals surface area contributed by atoms with Crippen LogP contribution >= 0.6 is 23.2 Å². The topological polar surface area (TPSA) is 59.1 Å². The first-order valence-electron chi connectivity index (χ1n) is 7.10. The largest absolute Gasteiger partial charge is 0.497 e. The molecule has 0 saturated heterocycles. The van der Waals surface area contributed by atoms with Crippen molar-refractivity contribution in [1.82, 2.24) is 9.97 Å². The van der Waals surface area contributed by atoms with Crippen molar-refractivity contribution in [2.75, 3.05) is 17.7 Å². The van der Waals surface area contributed by atoms with Gasteiger partial charge in [0.15, 0.2) is 0 Å². The van der Waals surface area contributed by atoms with Crippen molar-refractivity contribution in [1.29, 1.82) is 0 Å². The van der Waals surface area contributed by atoms with Crippen LogP contribution in [0.15, 0.2) is 54.9 Å². The van der Waals surface area contributed by atoms with Crippen LogP contribution in [0.2, 0.25) is 10.0 Å². The van der Waals surface area contributed by atoms with Crippen molar-refractivity contribution >= 4 is 46.2 Å². The van der Waals surface area contributed by atoms with Crippen molar-refractivity contribution in [2.24, 2.45) is 0 Å². The second-order valence-electron chi connectivity index (χ2n) is 4.87. The van der Waals surface area contributed by atoms with Gasteiger partial charge in [0.2, 0.25) is 0 Å². The number of methoxy groups -OCH3 is 1. The molecule has 0 aliphatic carbocycles. The Kier molecular flexibility index (Phi) is 5.03. The Morgan fingerprint density at radius 1 is 0.917 bits per heavy atom. The van der Waals surface area contributed by atoms with E-state index in [1.54, 1.807) is 19.2 Å². The molecule has 1 heterocycles. The van der Waals surface area contributed by atoms with E-state index in [2.05, 4.69) is 20.6 Å². The van der Waals surface area contributed by atoms with Crippen molar-refractivity contribution < 1.29 is 4.74 Å². The number of nitrogens with one attached hydrogen (secondary N) is 2. The molecule has 0 radical (unpaired) electrons. The standard InChI is InChI=1S/C17H14Cl2N4O/c1-24-12-7-5-11(6-8-12)22-15-9-16(21-10-20-15)23-14-4-2-3-13(18)17(14)19/h2-10H,1H3,(H2,20,21,22,23). The molecule has 2 aromatic carbocycles. The summed E-state index contributed by atoms with van der Waals surface area (Å²) in [6.45, 7) is 0. The molecule has 2 N–H and O–H groups in total. The van der Waals surface area contributed by atoms with E-state index < -0.39 is 0 Å². The minimum absolute atomic E-state index is 0.447. The van der Waals surface area contributed by atoms with Crippen molar-refractivity contribution in [3.05, 3.63) is 64.9 Å². The Hall–Kier alpha value is -2.50.